The van der Waals surface area contributed by atoms with Gasteiger partial charge in [-0.2, -0.15) is 0 Å². The van der Waals surface area contributed by atoms with Crippen LogP contribution in [-0.4, -0.2) is 31.0 Å². The molecule has 0 heterocycles. The van der Waals surface area contributed by atoms with E-state index in [0.717, 1.165) is 11.3 Å². The minimum atomic E-state index is -0.531. The van der Waals surface area contributed by atoms with Gasteiger partial charge in [-0.15, -0.1) is 0 Å². The molecule has 1 aromatic rings. The van der Waals surface area contributed by atoms with Gasteiger partial charge in [0.25, 0.3) is 0 Å². The number of nitrogens with one attached hydrogen (secondary N) is 2. The number of aryl methyl sites for hydroxylation is 1. The first kappa shape index (κ1) is 15.0. The summed E-state index contributed by atoms with van der Waals surface area (Å²) in [6.45, 7) is 5.80. The van der Waals surface area contributed by atoms with Gasteiger partial charge < -0.3 is 15.4 Å². The van der Waals surface area contributed by atoms with E-state index in [1.807, 2.05) is 31.2 Å². The topological polar surface area (TPSA) is 67.4 Å². The Balaban J connectivity index is 2.23. The van der Waals surface area contributed by atoms with Crippen molar-refractivity contribution >= 4 is 11.8 Å². The standard InChI is InChI=1S/C14H20N2O3/c1-10-5-4-6-13(9-10)19-8-7-15-14(18)11(2)16-12(3)17/h4-6,9,11H,7-8H2,1-3H3,(H,15,18)(H,16,17). The zero-order valence-electron chi connectivity index (χ0n) is 11.5. The second-order valence-electron chi connectivity index (χ2n) is 4.38. The molecule has 0 aliphatic heterocycles. The Kier molecular flexibility index (Phi) is 5.85. The summed E-state index contributed by atoms with van der Waals surface area (Å²) in [7, 11) is 0. The Morgan fingerprint density at radius 3 is 2.74 bits per heavy atom. The van der Waals surface area contributed by atoms with E-state index in [2.05, 4.69) is 10.6 Å². The average molecular weight is 264 g/mol. The van der Waals surface area contributed by atoms with Crippen molar-refractivity contribution in [3.63, 3.8) is 0 Å². The number of amides is 2. The molecule has 104 valence electrons. The predicted molar refractivity (Wildman–Crippen MR) is 73.0 cm³/mol. The molecule has 0 aromatic heterocycles. The SMILES string of the molecule is CC(=O)NC(C)C(=O)NCCOc1cccc(C)c1. The Bertz CT molecular complexity index is 446. The summed E-state index contributed by atoms with van der Waals surface area (Å²) in [5.41, 5.74) is 1.13. The van der Waals surface area contributed by atoms with Crippen molar-refractivity contribution in [2.75, 3.05) is 13.2 Å². The average Bonchev–Trinajstić information content (AvgIpc) is 2.33. The lowest BCUT2D eigenvalue weighted by molar-refractivity contribution is -0.127. The summed E-state index contributed by atoms with van der Waals surface area (Å²) in [4.78, 5) is 22.4. The third-order valence-corrected chi connectivity index (χ3v) is 2.47. The maximum absolute atomic E-state index is 11.6. The second kappa shape index (κ2) is 7.41. The summed E-state index contributed by atoms with van der Waals surface area (Å²) in [5, 5.41) is 5.21. The van der Waals surface area contributed by atoms with E-state index in [4.69, 9.17) is 4.74 Å². The smallest absolute Gasteiger partial charge is 0.242 e. The van der Waals surface area contributed by atoms with Crippen LogP contribution in [0, 0.1) is 6.92 Å². The van der Waals surface area contributed by atoms with Crippen molar-refractivity contribution in [1.29, 1.82) is 0 Å². The van der Waals surface area contributed by atoms with Crippen LogP contribution in [0.5, 0.6) is 5.75 Å². The minimum Gasteiger partial charge on any atom is -0.492 e. The molecular weight excluding hydrogens is 244 g/mol. The van der Waals surface area contributed by atoms with Gasteiger partial charge in [-0.3, -0.25) is 9.59 Å². The Hall–Kier alpha value is -2.04. The molecule has 0 aliphatic rings. The Labute approximate surface area is 113 Å². The fraction of sp³-hybridized carbons (Fsp3) is 0.429. The van der Waals surface area contributed by atoms with Crippen LogP contribution in [0.25, 0.3) is 0 Å². The molecule has 5 heteroatoms. The van der Waals surface area contributed by atoms with Crippen LogP contribution >= 0.6 is 0 Å². The minimum absolute atomic E-state index is 0.219. The van der Waals surface area contributed by atoms with E-state index in [1.54, 1.807) is 6.92 Å². The molecule has 0 saturated carbocycles. The van der Waals surface area contributed by atoms with Gasteiger partial charge in [0.1, 0.15) is 18.4 Å². The van der Waals surface area contributed by atoms with Crippen molar-refractivity contribution in [2.24, 2.45) is 0 Å². The highest BCUT2D eigenvalue weighted by Crippen LogP contribution is 2.11. The number of benzene rings is 1. The van der Waals surface area contributed by atoms with Crippen LogP contribution in [0.3, 0.4) is 0 Å². The number of rotatable bonds is 6. The summed E-state index contributed by atoms with van der Waals surface area (Å²) in [6.07, 6.45) is 0. The predicted octanol–water partition coefficient (Wildman–Crippen LogP) is 1.01. The van der Waals surface area contributed by atoms with Gasteiger partial charge in [0.15, 0.2) is 0 Å². The number of hydrogen-bond donors (Lipinski definition) is 2. The van der Waals surface area contributed by atoms with E-state index >= 15 is 0 Å². The molecule has 1 aromatic carbocycles. The van der Waals surface area contributed by atoms with E-state index in [9.17, 15) is 9.59 Å². The van der Waals surface area contributed by atoms with Crippen molar-refractivity contribution in [3.05, 3.63) is 29.8 Å². The maximum Gasteiger partial charge on any atom is 0.242 e. The zero-order valence-corrected chi connectivity index (χ0v) is 11.5. The lowest BCUT2D eigenvalue weighted by atomic mass is 10.2. The molecule has 0 bridgehead atoms. The quantitative estimate of drug-likeness (QED) is 0.754. The number of ether oxygens (including phenoxy) is 1. The van der Waals surface area contributed by atoms with Gasteiger partial charge in [-0.25, -0.2) is 0 Å². The van der Waals surface area contributed by atoms with Gasteiger partial charge in [0, 0.05) is 6.92 Å². The molecule has 19 heavy (non-hydrogen) atoms. The summed E-state index contributed by atoms with van der Waals surface area (Å²) in [6, 6.07) is 7.18. The van der Waals surface area contributed by atoms with Crippen LogP contribution in [-0.2, 0) is 9.59 Å². The number of hydrogen-bond acceptors (Lipinski definition) is 3. The fourth-order valence-corrected chi connectivity index (χ4v) is 1.57. The third-order valence-electron chi connectivity index (χ3n) is 2.47. The molecule has 0 saturated heterocycles. The van der Waals surface area contributed by atoms with Crippen LogP contribution in [0.15, 0.2) is 24.3 Å². The number of carbonyl (C=O) groups excluding carboxylic acids is 2. The van der Waals surface area contributed by atoms with Crippen LogP contribution < -0.4 is 15.4 Å². The van der Waals surface area contributed by atoms with Crippen molar-refractivity contribution < 1.29 is 14.3 Å². The van der Waals surface area contributed by atoms with Crippen molar-refractivity contribution in [2.45, 2.75) is 26.8 Å². The summed E-state index contributed by atoms with van der Waals surface area (Å²) >= 11 is 0. The van der Waals surface area contributed by atoms with Crippen molar-refractivity contribution in [1.82, 2.24) is 10.6 Å². The van der Waals surface area contributed by atoms with Gasteiger partial charge in [0.05, 0.1) is 6.54 Å². The molecule has 0 radical (unpaired) electrons. The monoisotopic (exact) mass is 264 g/mol. The molecular formula is C14H20N2O3. The first-order chi connectivity index (χ1) is 8.99. The lowest BCUT2D eigenvalue weighted by Crippen LogP contribution is -2.45. The molecule has 2 amide bonds. The van der Waals surface area contributed by atoms with E-state index < -0.39 is 6.04 Å². The van der Waals surface area contributed by atoms with Gasteiger partial charge in [-0.05, 0) is 31.5 Å². The van der Waals surface area contributed by atoms with Gasteiger partial charge >= 0.3 is 0 Å². The Morgan fingerprint density at radius 1 is 1.37 bits per heavy atom. The first-order valence-electron chi connectivity index (χ1n) is 6.23. The highest BCUT2D eigenvalue weighted by Gasteiger charge is 2.12. The second-order valence-corrected chi connectivity index (χ2v) is 4.38. The zero-order chi connectivity index (χ0) is 14.3. The maximum atomic E-state index is 11.6. The van der Waals surface area contributed by atoms with Crippen LogP contribution in [0.4, 0.5) is 0 Å². The fourth-order valence-electron chi connectivity index (χ4n) is 1.57. The van der Waals surface area contributed by atoms with Crippen molar-refractivity contribution in [3.8, 4) is 5.75 Å². The number of carbonyl (C=O) groups is 2. The lowest BCUT2D eigenvalue weighted by Gasteiger charge is -2.13. The highest BCUT2D eigenvalue weighted by atomic mass is 16.5. The van der Waals surface area contributed by atoms with Gasteiger partial charge in [-0.1, -0.05) is 12.1 Å². The highest BCUT2D eigenvalue weighted by molar-refractivity contribution is 5.86. The summed E-state index contributed by atoms with van der Waals surface area (Å²) < 4.78 is 5.50. The van der Waals surface area contributed by atoms with E-state index in [0.29, 0.717) is 13.2 Å². The Morgan fingerprint density at radius 2 is 2.11 bits per heavy atom. The van der Waals surface area contributed by atoms with Crippen LogP contribution in [0.2, 0.25) is 0 Å². The molecule has 1 rings (SSSR count). The molecule has 1 unspecified atom stereocenters. The molecule has 1 atom stereocenters. The van der Waals surface area contributed by atoms with Crippen LogP contribution in [0.1, 0.15) is 19.4 Å². The largest absolute Gasteiger partial charge is 0.492 e. The van der Waals surface area contributed by atoms with E-state index in [-0.39, 0.29) is 11.8 Å². The first-order valence-corrected chi connectivity index (χ1v) is 6.23. The molecule has 0 fully saturated rings. The normalized spacial score (nSPS) is 11.5. The molecule has 0 spiro atoms. The summed E-state index contributed by atoms with van der Waals surface area (Å²) in [5.74, 6) is 0.339. The molecule has 5 nitrogen and oxygen atoms in total. The third kappa shape index (κ3) is 5.90. The van der Waals surface area contributed by atoms with E-state index in [1.165, 1.54) is 6.92 Å². The van der Waals surface area contributed by atoms with Gasteiger partial charge in [0.2, 0.25) is 11.8 Å². The molecule has 0 aliphatic carbocycles. The molecule has 2 N–H and O–H groups in total.